The molecule has 0 heterocycles. The number of hydrogen-bond donors (Lipinski definition) is 2. The molecule has 4 nitrogen and oxygen atoms in total. The van der Waals surface area contributed by atoms with Crippen molar-refractivity contribution in [3.05, 3.63) is 132 Å². The second-order valence-electron chi connectivity index (χ2n) is 8.35. The van der Waals surface area contributed by atoms with Gasteiger partial charge in [0.2, 0.25) is 0 Å². The highest BCUT2D eigenvalue weighted by Gasteiger charge is 2.49. The summed E-state index contributed by atoms with van der Waals surface area (Å²) in [6.45, 7) is 7.99. The molecule has 0 radical (unpaired) electrons. The van der Waals surface area contributed by atoms with Crippen molar-refractivity contribution >= 4 is 0 Å². The zero-order valence-corrected chi connectivity index (χ0v) is 19.3. The van der Waals surface area contributed by atoms with Crippen LogP contribution in [0, 0.1) is 0 Å². The van der Waals surface area contributed by atoms with Crippen LogP contribution in [-0.4, -0.2) is 23.4 Å². The first-order valence-corrected chi connectivity index (χ1v) is 11.5. The average molecular weight is 463 g/mol. The second kappa shape index (κ2) is 9.07. The number of phenolic OH excluding ortho intramolecular Hbond substituents is 2. The molecule has 0 aliphatic heterocycles. The van der Waals surface area contributed by atoms with E-state index in [0.717, 1.165) is 33.4 Å². The Morgan fingerprint density at radius 3 is 1.40 bits per heavy atom. The third kappa shape index (κ3) is 3.38. The molecule has 0 bridgehead atoms. The summed E-state index contributed by atoms with van der Waals surface area (Å²) in [6, 6.07) is 27.1. The molecule has 5 rings (SSSR count). The van der Waals surface area contributed by atoms with E-state index >= 15 is 0 Å². The summed E-state index contributed by atoms with van der Waals surface area (Å²) in [7, 11) is 0. The Labute approximate surface area is 205 Å². The minimum Gasteiger partial charge on any atom is -0.504 e. The van der Waals surface area contributed by atoms with E-state index in [1.54, 1.807) is 24.3 Å². The largest absolute Gasteiger partial charge is 0.504 e. The van der Waals surface area contributed by atoms with E-state index in [0.29, 0.717) is 11.5 Å². The van der Waals surface area contributed by atoms with Gasteiger partial charge in [0.15, 0.2) is 23.0 Å². The van der Waals surface area contributed by atoms with Gasteiger partial charge in [0.05, 0.1) is 5.41 Å². The molecule has 35 heavy (non-hydrogen) atoms. The maximum absolute atomic E-state index is 10.9. The van der Waals surface area contributed by atoms with Crippen molar-refractivity contribution in [3.8, 4) is 34.1 Å². The smallest absolute Gasteiger partial charge is 0.166 e. The fourth-order valence-corrected chi connectivity index (χ4v) is 5.19. The Morgan fingerprint density at radius 1 is 0.571 bits per heavy atom. The minimum absolute atomic E-state index is 0.0271. The van der Waals surface area contributed by atoms with Gasteiger partial charge in [0.1, 0.15) is 13.2 Å². The van der Waals surface area contributed by atoms with E-state index in [1.165, 1.54) is 0 Å². The molecular weight excluding hydrogens is 436 g/mol. The Kier molecular flexibility index (Phi) is 5.79. The molecule has 0 saturated carbocycles. The van der Waals surface area contributed by atoms with Crippen molar-refractivity contribution in [3.63, 3.8) is 0 Å². The summed E-state index contributed by atoms with van der Waals surface area (Å²) in [5.74, 6) is 0.771. The predicted octanol–water partition coefficient (Wildman–Crippen LogP) is 6.59. The van der Waals surface area contributed by atoms with Crippen LogP contribution in [0.4, 0.5) is 0 Å². The maximum Gasteiger partial charge on any atom is 0.166 e. The molecule has 0 unspecified atom stereocenters. The van der Waals surface area contributed by atoms with Gasteiger partial charge in [0, 0.05) is 11.1 Å². The minimum atomic E-state index is -0.933. The number of rotatable bonds is 8. The molecule has 1 aliphatic carbocycles. The summed E-state index contributed by atoms with van der Waals surface area (Å²) in [4.78, 5) is 0. The molecule has 0 amide bonds. The highest BCUT2D eigenvalue weighted by Crippen LogP contribution is 2.61. The number of benzene rings is 4. The highest BCUT2D eigenvalue weighted by atomic mass is 16.5. The van der Waals surface area contributed by atoms with Crippen LogP contribution in [0.2, 0.25) is 0 Å². The number of ether oxygens (including phenoxy) is 2. The molecule has 0 atom stereocenters. The average Bonchev–Trinajstić information content (AvgIpc) is 3.18. The fraction of sp³-hybridized carbons (Fsp3) is 0.0968. The van der Waals surface area contributed by atoms with Gasteiger partial charge in [0.25, 0.3) is 0 Å². The molecule has 0 spiro atoms. The Morgan fingerprint density at radius 2 is 0.971 bits per heavy atom. The van der Waals surface area contributed by atoms with Gasteiger partial charge in [-0.05, 0) is 34.4 Å². The summed E-state index contributed by atoms with van der Waals surface area (Å²) in [5.41, 5.74) is 4.70. The summed E-state index contributed by atoms with van der Waals surface area (Å²) < 4.78 is 12.1. The van der Waals surface area contributed by atoms with Crippen LogP contribution in [0.25, 0.3) is 11.1 Å². The van der Waals surface area contributed by atoms with Crippen LogP contribution in [0.5, 0.6) is 23.0 Å². The summed E-state index contributed by atoms with van der Waals surface area (Å²) >= 11 is 0. The van der Waals surface area contributed by atoms with Gasteiger partial charge in [-0.25, -0.2) is 0 Å². The number of para-hydroxylation sites is 2. The number of phenols is 2. The van der Waals surface area contributed by atoms with Crippen molar-refractivity contribution in [2.45, 2.75) is 5.41 Å². The molecule has 0 saturated heterocycles. The Balaban J connectivity index is 1.97. The first kappa shape index (κ1) is 22.4. The monoisotopic (exact) mass is 462 g/mol. The van der Waals surface area contributed by atoms with Crippen molar-refractivity contribution < 1.29 is 19.7 Å². The van der Waals surface area contributed by atoms with E-state index in [4.69, 9.17) is 9.47 Å². The first-order valence-electron chi connectivity index (χ1n) is 11.5. The number of fused-ring (bicyclic) bond motifs is 3. The lowest BCUT2D eigenvalue weighted by atomic mass is 9.67. The van der Waals surface area contributed by atoms with E-state index in [2.05, 4.69) is 37.4 Å². The van der Waals surface area contributed by atoms with Crippen LogP contribution >= 0.6 is 0 Å². The predicted molar refractivity (Wildman–Crippen MR) is 138 cm³/mol. The normalized spacial score (nSPS) is 12.9. The third-order valence-corrected chi connectivity index (χ3v) is 6.44. The first-order chi connectivity index (χ1) is 17.1. The van der Waals surface area contributed by atoms with Crippen LogP contribution in [0.1, 0.15) is 22.3 Å². The Hall–Kier alpha value is -4.44. The maximum atomic E-state index is 10.9. The molecule has 4 heteroatoms. The topological polar surface area (TPSA) is 58.9 Å². The number of hydrogen-bond acceptors (Lipinski definition) is 4. The van der Waals surface area contributed by atoms with Crippen LogP contribution in [0.15, 0.2) is 110 Å². The molecule has 174 valence electrons. The van der Waals surface area contributed by atoms with E-state index in [1.807, 2.05) is 48.5 Å². The molecule has 4 aromatic carbocycles. The van der Waals surface area contributed by atoms with Crippen molar-refractivity contribution in [2.24, 2.45) is 0 Å². The molecule has 2 N–H and O–H groups in total. The van der Waals surface area contributed by atoms with Gasteiger partial charge in [-0.15, -0.1) is 0 Å². The van der Waals surface area contributed by atoms with Gasteiger partial charge in [-0.2, -0.15) is 0 Å². The molecule has 0 fully saturated rings. The van der Waals surface area contributed by atoms with Gasteiger partial charge >= 0.3 is 0 Å². The van der Waals surface area contributed by atoms with Crippen molar-refractivity contribution in [2.75, 3.05) is 13.2 Å². The zero-order valence-electron chi connectivity index (χ0n) is 19.3. The van der Waals surface area contributed by atoms with Gasteiger partial charge in [-0.3, -0.25) is 0 Å². The van der Waals surface area contributed by atoms with Crippen molar-refractivity contribution in [1.82, 2.24) is 0 Å². The zero-order chi connectivity index (χ0) is 24.4. The lowest BCUT2D eigenvalue weighted by Crippen LogP contribution is -2.30. The van der Waals surface area contributed by atoms with E-state index < -0.39 is 5.41 Å². The van der Waals surface area contributed by atoms with Crippen LogP contribution in [0.3, 0.4) is 0 Å². The fourth-order valence-electron chi connectivity index (χ4n) is 5.19. The standard InChI is InChI=1S/C31H26O4/c1-3-19-34-29-25(15-9-17-27(29)32)31(26-16-10-18-28(33)30(26)35-20-4-2)23-13-7-5-11-21(23)22-12-6-8-14-24(22)31/h3-18,32-33H,1-2,19-20H2. The summed E-state index contributed by atoms with van der Waals surface area (Å²) in [5, 5.41) is 21.9. The van der Waals surface area contributed by atoms with Crippen LogP contribution in [-0.2, 0) is 5.41 Å². The van der Waals surface area contributed by atoms with Gasteiger partial charge < -0.3 is 19.7 Å². The van der Waals surface area contributed by atoms with Crippen LogP contribution < -0.4 is 9.47 Å². The third-order valence-electron chi connectivity index (χ3n) is 6.44. The van der Waals surface area contributed by atoms with Crippen molar-refractivity contribution in [1.29, 1.82) is 0 Å². The second-order valence-corrected chi connectivity index (χ2v) is 8.35. The quantitative estimate of drug-likeness (QED) is 0.255. The van der Waals surface area contributed by atoms with Gasteiger partial charge in [-0.1, -0.05) is 98.1 Å². The lowest BCUT2D eigenvalue weighted by molar-refractivity contribution is 0.322. The Bertz CT molecular complexity index is 1310. The summed E-state index contributed by atoms with van der Waals surface area (Å²) in [6.07, 6.45) is 3.29. The van der Waals surface area contributed by atoms with E-state index in [9.17, 15) is 10.2 Å². The SMILES string of the molecule is C=CCOc1c(O)cccc1C1(c2cccc(O)c2OCC=C)c2ccccc2-c2ccccc21. The molecular formula is C31H26O4. The number of aromatic hydroxyl groups is 2. The molecule has 1 aliphatic rings. The van der Waals surface area contributed by atoms with E-state index in [-0.39, 0.29) is 24.7 Å². The highest BCUT2D eigenvalue weighted by molar-refractivity contribution is 5.88. The molecule has 4 aromatic rings. The molecule has 0 aromatic heterocycles. The lowest BCUT2D eigenvalue weighted by Gasteiger charge is -2.36.